The van der Waals surface area contributed by atoms with Gasteiger partial charge in [-0.25, -0.2) is 4.79 Å². The van der Waals surface area contributed by atoms with E-state index in [9.17, 15) is 4.79 Å². The molecule has 1 N–H and O–H groups in total. The zero-order valence-electron chi connectivity index (χ0n) is 10.0. The Hall–Kier alpha value is -2.30. The van der Waals surface area contributed by atoms with Gasteiger partial charge in [0.1, 0.15) is 11.4 Å². The maximum atomic E-state index is 10.9. The van der Waals surface area contributed by atoms with Crippen LogP contribution in [0.5, 0.6) is 5.75 Å². The monoisotopic (exact) mass is 246 g/mol. The number of hydrogen-bond donors (Lipinski definition) is 1. The molecule has 0 aliphatic rings. The summed E-state index contributed by atoms with van der Waals surface area (Å²) in [6, 6.07) is 9.19. The minimum atomic E-state index is -0.956. The lowest BCUT2D eigenvalue weighted by atomic mass is 10.1. The molecule has 1 aromatic carbocycles. The highest BCUT2D eigenvalue weighted by Gasteiger charge is 2.09. The summed E-state index contributed by atoms with van der Waals surface area (Å²) in [7, 11) is 1.62. The summed E-state index contributed by atoms with van der Waals surface area (Å²) in [5, 5.41) is 12.9. The summed E-state index contributed by atoms with van der Waals surface area (Å²) in [6.45, 7) is 0.543. The molecule has 0 radical (unpaired) electrons. The normalized spacial score (nSPS) is 10.3. The lowest BCUT2D eigenvalue weighted by Gasteiger charge is -2.05. The smallest absolute Gasteiger partial charge is 0.354 e. The van der Waals surface area contributed by atoms with E-state index < -0.39 is 5.97 Å². The van der Waals surface area contributed by atoms with Crippen LogP contribution in [-0.2, 0) is 13.0 Å². The number of aromatic nitrogens is 2. The van der Waals surface area contributed by atoms with Gasteiger partial charge >= 0.3 is 5.97 Å². The molecule has 0 atom stereocenters. The molecule has 0 bridgehead atoms. The van der Waals surface area contributed by atoms with Gasteiger partial charge < -0.3 is 9.84 Å². The van der Waals surface area contributed by atoms with Crippen LogP contribution in [0.2, 0.25) is 0 Å². The van der Waals surface area contributed by atoms with Crippen LogP contribution in [0.15, 0.2) is 36.5 Å². The molecule has 2 rings (SSSR count). The largest absolute Gasteiger partial charge is 0.497 e. The van der Waals surface area contributed by atoms with Crippen LogP contribution in [0.25, 0.3) is 0 Å². The number of rotatable bonds is 5. The standard InChI is InChI=1S/C13H14N2O3/c1-18-11-4-2-10(3-5-11)7-9-15-12(13(16)17)6-8-14-15/h2-6,8H,7,9H2,1H3,(H,16,17). The Kier molecular flexibility index (Phi) is 3.62. The first-order chi connectivity index (χ1) is 8.70. The summed E-state index contributed by atoms with van der Waals surface area (Å²) in [4.78, 5) is 10.9. The van der Waals surface area contributed by atoms with Crippen LogP contribution < -0.4 is 4.74 Å². The Labute approximate surface area is 105 Å². The van der Waals surface area contributed by atoms with Crippen LogP contribution in [-0.4, -0.2) is 28.0 Å². The van der Waals surface area contributed by atoms with Gasteiger partial charge in [0.2, 0.25) is 0 Å². The summed E-state index contributed by atoms with van der Waals surface area (Å²) in [6.07, 6.45) is 2.23. The number of carbonyl (C=O) groups is 1. The second kappa shape index (κ2) is 5.35. The van der Waals surface area contributed by atoms with Gasteiger partial charge in [-0.15, -0.1) is 0 Å². The molecule has 2 aromatic rings. The van der Waals surface area contributed by atoms with Crippen LogP contribution in [0.1, 0.15) is 16.1 Å². The van der Waals surface area contributed by atoms with Crippen molar-refractivity contribution in [3.05, 3.63) is 47.8 Å². The van der Waals surface area contributed by atoms with Crippen molar-refractivity contribution in [2.75, 3.05) is 7.11 Å². The van der Waals surface area contributed by atoms with Gasteiger partial charge in [-0.05, 0) is 30.2 Å². The van der Waals surface area contributed by atoms with E-state index in [0.29, 0.717) is 6.54 Å². The number of methoxy groups -OCH3 is 1. The highest BCUT2D eigenvalue weighted by Crippen LogP contribution is 2.12. The predicted octanol–water partition coefficient (Wildman–Crippen LogP) is 1.83. The van der Waals surface area contributed by atoms with Crippen molar-refractivity contribution in [1.82, 2.24) is 9.78 Å². The fourth-order valence-electron chi connectivity index (χ4n) is 1.72. The van der Waals surface area contributed by atoms with E-state index in [4.69, 9.17) is 9.84 Å². The lowest BCUT2D eigenvalue weighted by molar-refractivity contribution is 0.0683. The molecule has 18 heavy (non-hydrogen) atoms. The zero-order chi connectivity index (χ0) is 13.0. The van der Waals surface area contributed by atoms with Crippen molar-refractivity contribution in [3.8, 4) is 5.75 Å². The lowest BCUT2D eigenvalue weighted by Crippen LogP contribution is -2.11. The van der Waals surface area contributed by atoms with Crippen LogP contribution in [0.4, 0.5) is 0 Å². The van der Waals surface area contributed by atoms with Crippen molar-refractivity contribution < 1.29 is 14.6 Å². The minimum Gasteiger partial charge on any atom is -0.497 e. The number of aryl methyl sites for hydroxylation is 2. The van der Waals surface area contributed by atoms with Gasteiger partial charge in [0.05, 0.1) is 7.11 Å². The first-order valence-corrected chi connectivity index (χ1v) is 5.59. The summed E-state index contributed by atoms with van der Waals surface area (Å²) >= 11 is 0. The Morgan fingerprint density at radius 3 is 2.67 bits per heavy atom. The number of benzene rings is 1. The van der Waals surface area contributed by atoms with Crippen LogP contribution >= 0.6 is 0 Å². The molecular formula is C13H14N2O3. The second-order valence-electron chi connectivity index (χ2n) is 3.84. The average Bonchev–Trinajstić information content (AvgIpc) is 2.85. The molecule has 0 aliphatic carbocycles. The molecule has 5 nitrogen and oxygen atoms in total. The van der Waals surface area contributed by atoms with Crippen molar-refractivity contribution in [1.29, 1.82) is 0 Å². The Morgan fingerprint density at radius 1 is 1.33 bits per heavy atom. The molecule has 1 heterocycles. The highest BCUT2D eigenvalue weighted by atomic mass is 16.5. The van der Waals surface area contributed by atoms with E-state index in [-0.39, 0.29) is 5.69 Å². The van der Waals surface area contributed by atoms with Gasteiger partial charge in [-0.3, -0.25) is 4.68 Å². The van der Waals surface area contributed by atoms with E-state index in [0.717, 1.165) is 17.7 Å². The first-order valence-electron chi connectivity index (χ1n) is 5.59. The number of aromatic carboxylic acids is 1. The van der Waals surface area contributed by atoms with Gasteiger partial charge in [0.25, 0.3) is 0 Å². The van der Waals surface area contributed by atoms with Crippen molar-refractivity contribution in [3.63, 3.8) is 0 Å². The fourth-order valence-corrected chi connectivity index (χ4v) is 1.72. The first kappa shape index (κ1) is 12.2. The van der Waals surface area contributed by atoms with Gasteiger partial charge in [0.15, 0.2) is 0 Å². The summed E-state index contributed by atoms with van der Waals surface area (Å²) in [5.41, 5.74) is 1.33. The quantitative estimate of drug-likeness (QED) is 0.874. The van der Waals surface area contributed by atoms with Gasteiger partial charge in [-0.1, -0.05) is 12.1 Å². The van der Waals surface area contributed by atoms with Crippen molar-refractivity contribution >= 4 is 5.97 Å². The number of hydrogen-bond acceptors (Lipinski definition) is 3. The number of ether oxygens (including phenoxy) is 1. The van der Waals surface area contributed by atoms with E-state index in [1.165, 1.54) is 16.9 Å². The third kappa shape index (κ3) is 2.68. The Balaban J connectivity index is 2.02. The Bertz CT molecular complexity index is 531. The molecule has 1 aromatic heterocycles. The average molecular weight is 246 g/mol. The van der Waals surface area contributed by atoms with E-state index in [1.54, 1.807) is 7.11 Å². The highest BCUT2D eigenvalue weighted by molar-refractivity contribution is 5.85. The SMILES string of the molecule is COc1ccc(CCn2nccc2C(=O)O)cc1. The topological polar surface area (TPSA) is 64.4 Å². The number of carboxylic acids is 1. The summed E-state index contributed by atoms with van der Waals surface area (Å²) in [5.74, 6) is -0.147. The second-order valence-corrected chi connectivity index (χ2v) is 3.84. The molecular weight excluding hydrogens is 232 g/mol. The van der Waals surface area contributed by atoms with Gasteiger partial charge in [-0.2, -0.15) is 5.10 Å². The third-order valence-corrected chi connectivity index (χ3v) is 2.71. The molecule has 5 heteroatoms. The van der Waals surface area contributed by atoms with E-state index in [2.05, 4.69) is 5.10 Å². The molecule has 94 valence electrons. The third-order valence-electron chi connectivity index (χ3n) is 2.71. The molecule has 0 amide bonds. The van der Waals surface area contributed by atoms with Gasteiger partial charge in [0, 0.05) is 12.7 Å². The fraction of sp³-hybridized carbons (Fsp3) is 0.231. The number of nitrogens with zero attached hydrogens (tertiary/aromatic N) is 2. The molecule has 0 fully saturated rings. The number of carboxylic acid groups (broad SMARTS) is 1. The minimum absolute atomic E-state index is 0.212. The molecule has 0 saturated carbocycles. The van der Waals surface area contributed by atoms with Crippen molar-refractivity contribution in [2.45, 2.75) is 13.0 Å². The van der Waals surface area contributed by atoms with E-state index in [1.807, 2.05) is 24.3 Å². The summed E-state index contributed by atoms with van der Waals surface area (Å²) < 4.78 is 6.57. The maximum Gasteiger partial charge on any atom is 0.354 e. The predicted molar refractivity (Wildman–Crippen MR) is 65.9 cm³/mol. The zero-order valence-corrected chi connectivity index (χ0v) is 10.0. The van der Waals surface area contributed by atoms with Crippen molar-refractivity contribution in [2.24, 2.45) is 0 Å². The molecule has 0 aliphatic heterocycles. The maximum absolute atomic E-state index is 10.9. The molecule has 0 unspecified atom stereocenters. The van der Waals surface area contributed by atoms with Crippen LogP contribution in [0.3, 0.4) is 0 Å². The molecule has 0 spiro atoms. The molecule has 0 saturated heterocycles. The van der Waals surface area contributed by atoms with E-state index >= 15 is 0 Å². The Morgan fingerprint density at radius 2 is 2.06 bits per heavy atom. The van der Waals surface area contributed by atoms with Crippen LogP contribution in [0, 0.1) is 0 Å².